The van der Waals surface area contributed by atoms with Crippen LogP contribution >= 0.6 is 0 Å². The fourth-order valence-electron chi connectivity index (χ4n) is 2.49. The number of ether oxygens (including phenoxy) is 1. The van der Waals surface area contributed by atoms with Crippen molar-refractivity contribution in [2.24, 2.45) is 5.92 Å². The van der Waals surface area contributed by atoms with E-state index in [0.717, 1.165) is 51.9 Å². The van der Waals surface area contributed by atoms with E-state index in [0.29, 0.717) is 5.92 Å². The SMILES string of the molecule is FC(CC1CCOCC1)C1CCCN1. The summed E-state index contributed by atoms with van der Waals surface area (Å²) in [5.74, 6) is 0.557. The molecule has 0 radical (unpaired) electrons. The molecule has 1 N–H and O–H groups in total. The fourth-order valence-corrected chi connectivity index (χ4v) is 2.49. The monoisotopic (exact) mass is 201 g/mol. The van der Waals surface area contributed by atoms with Gasteiger partial charge in [0, 0.05) is 19.3 Å². The third kappa shape index (κ3) is 2.67. The Kier molecular flexibility index (Phi) is 3.76. The quantitative estimate of drug-likeness (QED) is 0.753. The lowest BCUT2D eigenvalue weighted by atomic mass is 9.91. The van der Waals surface area contributed by atoms with Crippen LogP contribution in [0.3, 0.4) is 0 Å². The van der Waals surface area contributed by atoms with E-state index in [-0.39, 0.29) is 6.04 Å². The summed E-state index contributed by atoms with van der Waals surface area (Å²) in [6, 6.07) is 0.137. The number of hydrogen-bond donors (Lipinski definition) is 1. The van der Waals surface area contributed by atoms with Crippen molar-refractivity contribution >= 4 is 0 Å². The highest BCUT2D eigenvalue weighted by atomic mass is 19.1. The van der Waals surface area contributed by atoms with Gasteiger partial charge in [0.1, 0.15) is 6.17 Å². The van der Waals surface area contributed by atoms with E-state index >= 15 is 0 Å². The van der Waals surface area contributed by atoms with E-state index in [1.165, 1.54) is 0 Å². The summed E-state index contributed by atoms with van der Waals surface area (Å²) >= 11 is 0. The van der Waals surface area contributed by atoms with Crippen LogP contribution in [0, 0.1) is 5.92 Å². The number of rotatable bonds is 3. The zero-order valence-electron chi connectivity index (χ0n) is 8.68. The van der Waals surface area contributed by atoms with Gasteiger partial charge in [0.25, 0.3) is 0 Å². The molecule has 0 spiro atoms. The lowest BCUT2D eigenvalue weighted by Gasteiger charge is -2.25. The Morgan fingerprint density at radius 1 is 1.29 bits per heavy atom. The molecule has 0 saturated carbocycles. The van der Waals surface area contributed by atoms with Crippen molar-refractivity contribution in [2.75, 3.05) is 19.8 Å². The van der Waals surface area contributed by atoms with E-state index in [4.69, 9.17) is 4.74 Å². The van der Waals surface area contributed by atoms with Crippen LogP contribution < -0.4 is 5.32 Å². The maximum Gasteiger partial charge on any atom is 0.116 e. The van der Waals surface area contributed by atoms with Crippen molar-refractivity contribution in [2.45, 2.75) is 44.3 Å². The number of alkyl halides is 1. The Morgan fingerprint density at radius 3 is 2.71 bits per heavy atom. The summed E-state index contributed by atoms with van der Waals surface area (Å²) in [4.78, 5) is 0. The smallest absolute Gasteiger partial charge is 0.116 e. The van der Waals surface area contributed by atoms with Crippen molar-refractivity contribution in [3.05, 3.63) is 0 Å². The molecular weight excluding hydrogens is 181 g/mol. The minimum absolute atomic E-state index is 0.137. The van der Waals surface area contributed by atoms with Gasteiger partial charge in [0.15, 0.2) is 0 Å². The van der Waals surface area contributed by atoms with Gasteiger partial charge >= 0.3 is 0 Å². The number of nitrogens with one attached hydrogen (secondary N) is 1. The zero-order valence-corrected chi connectivity index (χ0v) is 8.68. The van der Waals surface area contributed by atoms with Crippen LogP contribution in [0.2, 0.25) is 0 Å². The van der Waals surface area contributed by atoms with Crippen molar-refractivity contribution in [3.8, 4) is 0 Å². The van der Waals surface area contributed by atoms with Gasteiger partial charge in [-0.05, 0) is 44.6 Å². The number of halogens is 1. The second kappa shape index (κ2) is 5.08. The van der Waals surface area contributed by atoms with Gasteiger partial charge < -0.3 is 10.1 Å². The van der Waals surface area contributed by atoms with E-state index in [2.05, 4.69) is 5.32 Å². The predicted octanol–water partition coefficient (Wildman–Crippen LogP) is 1.89. The molecule has 2 fully saturated rings. The Labute approximate surface area is 85.2 Å². The Bertz CT molecular complexity index is 165. The molecule has 2 aliphatic rings. The second-order valence-corrected chi connectivity index (χ2v) is 4.51. The first kappa shape index (κ1) is 10.4. The van der Waals surface area contributed by atoms with Gasteiger partial charge in [-0.3, -0.25) is 0 Å². The molecule has 82 valence electrons. The lowest BCUT2D eigenvalue weighted by molar-refractivity contribution is 0.0526. The van der Waals surface area contributed by atoms with E-state index in [9.17, 15) is 4.39 Å². The summed E-state index contributed by atoms with van der Waals surface area (Å²) in [6.07, 6.45) is 4.35. The minimum Gasteiger partial charge on any atom is -0.381 e. The van der Waals surface area contributed by atoms with E-state index < -0.39 is 6.17 Å². The largest absolute Gasteiger partial charge is 0.381 e. The van der Waals surface area contributed by atoms with Crippen LogP contribution in [-0.4, -0.2) is 32.0 Å². The van der Waals surface area contributed by atoms with Gasteiger partial charge in [-0.15, -0.1) is 0 Å². The molecular formula is C11H20FNO. The standard InChI is InChI=1S/C11H20FNO/c12-10(11-2-1-5-13-11)8-9-3-6-14-7-4-9/h9-11,13H,1-8H2. The summed E-state index contributed by atoms with van der Waals surface area (Å²) < 4.78 is 19.1. The first-order valence-electron chi connectivity index (χ1n) is 5.81. The van der Waals surface area contributed by atoms with Crippen molar-refractivity contribution in [1.82, 2.24) is 5.32 Å². The molecule has 2 unspecified atom stereocenters. The molecule has 0 amide bonds. The molecule has 2 nitrogen and oxygen atoms in total. The average molecular weight is 201 g/mol. The average Bonchev–Trinajstić information content (AvgIpc) is 2.72. The minimum atomic E-state index is -0.638. The highest BCUT2D eigenvalue weighted by molar-refractivity contribution is 4.83. The molecule has 0 aromatic heterocycles. The van der Waals surface area contributed by atoms with Gasteiger partial charge in [0.2, 0.25) is 0 Å². The van der Waals surface area contributed by atoms with Gasteiger partial charge in [-0.25, -0.2) is 4.39 Å². The molecule has 0 bridgehead atoms. The molecule has 0 aromatic carbocycles. The van der Waals surface area contributed by atoms with Crippen LogP contribution in [0.5, 0.6) is 0 Å². The molecule has 2 atom stereocenters. The third-order valence-corrected chi connectivity index (χ3v) is 3.43. The molecule has 2 rings (SSSR count). The maximum atomic E-state index is 13.8. The molecule has 3 heteroatoms. The van der Waals surface area contributed by atoms with Gasteiger partial charge in [-0.2, -0.15) is 0 Å². The van der Waals surface area contributed by atoms with Crippen molar-refractivity contribution in [1.29, 1.82) is 0 Å². The number of hydrogen-bond acceptors (Lipinski definition) is 2. The summed E-state index contributed by atoms with van der Waals surface area (Å²) in [5.41, 5.74) is 0. The molecule has 2 aliphatic heterocycles. The van der Waals surface area contributed by atoms with Crippen molar-refractivity contribution < 1.29 is 9.13 Å². The van der Waals surface area contributed by atoms with Crippen LogP contribution in [0.25, 0.3) is 0 Å². The summed E-state index contributed by atoms with van der Waals surface area (Å²) in [5, 5.41) is 3.24. The lowest BCUT2D eigenvalue weighted by Crippen LogP contribution is -2.34. The Balaban J connectivity index is 1.72. The van der Waals surface area contributed by atoms with Crippen molar-refractivity contribution in [3.63, 3.8) is 0 Å². The van der Waals surface area contributed by atoms with Gasteiger partial charge in [-0.1, -0.05) is 0 Å². The van der Waals surface area contributed by atoms with Crippen LogP contribution in [0.15, 0.2) is 0 Å². The maximum absolute atomic E-state index is 13.8. The molecule has 14 heavy (non-hydrogen) atoms. The summed E-state index contributed by atoms with van der Waals surface area (Å²) in [6.45, 7) is 2.66. The first-order chi connectivity index (χ1) is 6.86. The normalized spacial score (nSPS) is 31.9. The predicted molar refractivity (Wildman–Crippen MR) is 54.1 cm³/mol. The zero-order chi connectivity index (χ0) is 9.80. The third-order valence-electron chi connectivity index (χ3n) is 3.43. The van der Waals surface area contributed by atoms with Crippen LogP contribution in [-0.2, 0) is 4.74 Å². The molecule has 0 aromatic rings. The fraction of sp³-hybridized carbons (Fsp3) is 1.00. The molecule has 2 saturated heterocycles. The highest BCUT2D eigenvalue weighted by Crippen LogP contribution is 2.25. The highest BCUT2D eigenvalue weighted by Gasteiger charge is 2.27. The molecule has 0 aliphatic carbocycles. The van der Waals surface area contributed by atoms with Gasteiger partial charge in [0.05, 0.1) is 0 Å². The van der Waals surface area contributed by atoms with E-state index in [1.807, 2.05) is 0 Å². The summed E-state index contributed by atoms with van der Waals surface area (Å²) in [7, 11) is 0. The molecule has 2 heterocycles. The van der Waals surface area contributed by atoms with Crippen LogP contribution in [0.4, 0.5) is 4.39 Å². The Hall–Kier alpha value is -0.150. The Morgan fingerprint density at radius 2 is 2.07 bits per heavy atom. The first-order valence-corrected chi connectivity index (χ1v) is 5.81. The van der Waals surface area contributed by atoms with E-state index in [1.54, 1.807) is 0 Å². The second-order valence-electron chi connectivity index (χ2n) is 4.51. The van der Waals surface area contributed by atoms with Crippen LogP contribution in [0.1, 0.15) is 32.1 Å². The topological polar surface area (TPSA) is 21.3 Å².